The van der Waals surface area contributed by atoms with Crippen LogP contribution in [0.5, 0.6) is 0 Å². The zero-order valence-electron chi connectivity index (χ0n) is 12.2. The summed E-state index contributed by atoms with van der Waals surface area (Å²) in [4.78, 5) is 63.4. The third kappa shape index (κ3) is 17.5. The van der Waals surface area contributed by atoms with Crippen LogP contribution in [0.2, 0.25) is 0 Å². The molecule has 126 valence electrons. The molecule has 0 saturated heterocycles. The van der Waals surface area contributed by atoms with Crippen LogP contribution in [0.1, 0.15) is 12.8 Å². The molecular formula is C16H12Mn2O6. The van der Waals surface area contributed by atoms with Crippen LogP contribution in [0, 0.1) is 0 Å². The zero-order chi connectivity index (χ0) is 18.5. The van der Waals surface area contributed by atoms with Gasteiger partial charge in [-0.2, -0.15) is 0 Å². The van der Waals surface area contributed by atoms with Crippen LogP contribution >= 0.6 is 0 Å². The van der Waals surface area contributed by atoms with Crippen LogP contribution in [0.4, 0.5) is 0 Å². The molecule has 24 heavy (non-hydrogen) atoms. The molecule has 0 N–H and O–H groups in total. The van der Waals surface area contributed by atoms with Crippen molar-refractivity contribution in [3.63, 3.8) is 0 Å². The van der Waals surface area contributed by atoms with E-state index in [9.17, 15) is 28.8 Å². The Balaban J connectivity index is 0. The molecular weight excluding hydrogens is 398 g/mol. The van der Waals surface area contributed by atoms with Gasteiger partial charge in [-0.25, -0.2) is 0 Å². The molecule has 0 saturated carbocycles. The third-order valence-electron chi connectivity index (χ3n) is 1.77. The van der Waals surface area contributed by atoms with E-state index in [1.54, 1.807) is 0 Å². The fraction of sp³-hybridized carbons (Fsp3) is 0.125. The topological polar surface area (TPSA) is 102 Å². The van der Waals surface area contributed by atoms with Gasteiger partial charge in [0.05, 0.1) is 0 Å². The van der Waals surface area contributed by atoms with Gasteiger partial charge in [0.1, 0.15) is 0 Å². The Kier molecular flexibility index (Phi) is 20.3. The van der Waals surface area contributed by atoms with Crippen molar-refractivity contribution in [1.82, 2.24) is 0 Å². The Morgan fingerprint density at radius 3 is 0.708 bits per heavy atom. The minimum atomic E-state index is -2.30. The normalized spacial score (nSPS) is 10.3. The molecule has 0 aromatic rings. The summed E-state index contributed by atoms with van der Waals surface area (Å²) < 4.78 is 0. The molecule has 2 rings (SSSR count). The van der Waals surface area contributed by atoms with E-state index in [4.69, 9.17) is 0 Å². The SMILES string of the molecule is C1=CCC=C1.C1=CCC=C1.O=[C]=[Mn](=[C]=O)=[C]=O.O=[C]=[Mn](=[C]=O)=[C]=O. The van der Waals surface area contributed by atoms with Gasteiger partial charge < -0.3 is 0 Å². The molecule has 0 amide bonds. The molecule has 0 heterocycles. The van der Waals surface area contributed by atoms with Crippen molar-refractivity contribution in [2.45, 2.75) is 12.8 Å². The molecule has 0 aromatic carbocycles. The molecule has 2 aliphatic rings. The maximum absolute atomic E-state index is 9.36. The summed E-state index contributed by atoms with van der Waals surface area (Å²) in [6, 6.07) is 0. The Hall–Kier alpha value is -2.52. The van der Waals surface area contributed by atoms with Crippen LogP contribution < -0.4 is 0 Å². The van der Waals surface area contributed by atoms with E-state index in [0.29, 0.717) is 0 Å². The number of carbonyl (C=O) groups excluding carboxylic acids is 6. The van der Waals surface area contributed by atoms with Crippen LogP contribution in [0.15, 0.2) is 48.6 Å². The fourth-order valence-electron chi connectivity index (χ4n) is 0.880. The number of hydrogen-bond donors (Lipinski definition) is 0. The first-order valence-corrected chi connectivity index (χ1v) is 9.53. The summed E-state index contributed by atoms with van der Waals surface area (Å²) in [5, 5.41) is 0. The molecule has 0 bridgehead atoms. The minimum absolute atomic E-state index is 1.14. The van der Waals surface area contributed by atoms with Crippen molar-refractivity contribution < 1.29 is 53.9 Å². The van der Waals surface area contributed by atoms with Gasteiger partial charge in [-0.3, -0.25) is 0 Å². The van der Waals surface area contributed by atoms with Gasteiger partial charge in [0.25, 0.3) is 0 Å². The van der Waals surface area contributed by atoms with E-state index in [1.807, 2.05) is 0 Å². The van der Waals surface area contributed by atoms with Crippen LogP contribution in [-0.2, 0) is 53.9 Å². The van der Waals surface area contributed by atoms with E-state index in [-0.39, 0.29) is 0 Å². The van der Waals surface area contributed by atoms with Gasteiger partial charge in [-0.15, -0.1) is 0 Å². The molecule has 0 unspecified atom stereocenters. The summed E-state index contributed by atoms with van der Waals surface area (Å²) in [7, 11) is 0. The van der Waals surface area contributed by atoms with Gasteiger partial charge in [0.15, 0.2) is 0 Å². The van der Waals surface area contributed by atoms with E-state index in [1.165, 1.54) is 28.7 Å². The quantitative estimate of drug-likeness (QED) is 0.543. The molecule has 8 heteroatoms. The molecule has 0 radical (unpaired) electrons. The summed E-state index contributed by atoms with van der Waals surface area (Å²) in [6.45, 7) is 0. The summed E-state index contributed by atoms with van der Waals surface area (Å²) in [5.41, 5.74) is 0. The van der Waals surface area contributed by atoms with Gasteiger partial charge in [-0.1, -0.05) is 48.6 Å². The molecule has 2 aliphatic carbocycles. The summed E-state index contributed by atoms with van der Waals surface area (Å²) in [6.07, 6.45) is 19.0. The van der Waals surface area contributed by atoms with Crippen LogP contribution in [0.25, 0.3) is 0 Å². The number of rotatable bonds is 0. The molecule has 0 spiro atoms. The van der Waals surface area contributed by atoms with Gasteiger partial charge in [-0.05, 0) is 12.8 Å². The second-order valence-electron chi connectivity index (χ2n) is 3.21. The second kappa shape index (κ2) is 20.5. The third-order valence-corrected chi connectivity index (χ3v) is 3.22. The Morgan fingerprint density at radius 2 is 0.667 bits per heavy atom. The summed E-state index contributed by atoms with van der Waals surface area (Å²) >= 11 is -4.60. The molecule has 0 aliphatic heterocycles. The maximum atomic E-state index is 9.36. The molecule has 0 fully saturated rings. The standard InChI is InChI=1S/2C5H6.6CO.2Mn/c2*1-2-4-5-3-1;6*1-2;;/h2*1-4H,5H2;;;;;;;;. The molecule has 6 nitrogen and oxygen atoms in total. The Morgan fingerprint density at radius 1 is 0.458 bits per heavy atom. The van der Waals surface area contributed by atoms with Crippen molar-refractivity contribution in [3.8, 4) is 0 Å². The number of hydrogen-bond acceptors (Lipinski definition) is 6. The first-order chi connectivity index (χ1) is 11.7. The van der Waals surface area contributed by atoms with Crippen molar-refractivity contribution in [3.05, 3.63) is 48.6 Å². The van der Waals surface area contributed by atoms with E-state index in [2.05, 4.69) is 48.6 Å². The fourth-order valence-corrected chi connectivity index (χ4v) is 1.18. The average molecular weight is 410 g/mol. The van der Waals surface area contributed by atoms with Gasteiger partial charge >= 0.3 is 82.7 Å². The first kappa shape index (κ1) is 23.7. The van der Waals surface area contributed by atoms with Crippen molar-refractivity contribution >= 4 is 28.7 Å². The van der Waals surface area contributed by atoms with Gasteiger partial charge in [0.2, 0.25) is 0 Å². The predicted molar refractivity (Wildman–Crippen MR) is 80.0 cm³/mol. The Bertz CT molecular complexity index is 762. The van der Waals surface area contributed by atoms with Gasteiger partial charge in [0, 0.05) is 0 Å². The zero-order valence-corrected chi connectivity index (χ0v) is 14.6. The van der Waals surface area contributed by atoms with Crippen LogP contribution in [0.3, 0.4) is 0 Å². The van der Waals surface area contributed by atoms with E-state index in [0.717, 1.165) is 12.8 Å². The summed E-state index contributed by atoms with van der Waals surface area (Å²) in [5.74, 6) is 0. The first-order valence-electron chi connectivity index (χ1n) is 5.99. The predicted octanol–water partition coefficient (Wildman–Crippen LogP) is 0.617. The average Bonchev–Trinajstić information content (AvgIpc) is 3.37. The monoisotopic (exact) mass is 410 g/mol. The van der Waals surface area contributed by atoms with E-state index < -0.39 is 25.2 Å². The molecule has 0 atom stereocenters. The van der Waals surface area contributed by atoms with Crippen molar-refractivity contribution in [2.24, 2.45) is 0 Å². The van der Waals surface area contributed by atoms with Crippen molar-refractivity contribution in [1.29, 1.82) is 0 Å². The Labute approximate surface area is 144 Å². The second-order valence-corrected chi connectivity index (χ2v) is 6.43. The van der Waals surface area contributed by atoms with E-state index >= 15 is 0 Å². The van der Waals surface area contributed by atoms with Crippen molar-refractivity contribution in [2.75, 3.05) is 0 Å². The number of allylic oxidation sites excluding steroid dienone is 8. The van der Waals surface area contributed by atoms with Crippen LogP contribution in [-0.4, -0.2) is 28.7 Å². The molecule has 0 aromatic heterocycles.